The number of piperidine rings is 1. The molecule has 2 aliphatic heterocycles. The first-order valence-electron chi connectivity index (χ1n) is 8.91. The van der Waals surface area contributed by atoms with E-state index in [1.807, 2.05) is 23.2 Å². The van der Waals surface area contributed by atoms with Crippen LogP contribution < -0.4 is 0 Å². The second kappa shape index (κ2) is 7.47. The number of hydrogen-bond acceptors (Lipinski definition) is 6. The minimum atomic E-state index is -0.162. The summed E-state index contributed by atoms with van der Waals surface area (Å²) < 4.78 is 11.9. The molecule has 1 amide bonds. The summed E-state index contributed by atoms with van der Waals surface area (Å²) >= 11 is 0. The number of hydrogen-bond donors (Lipinski definition) is 0. The zero-order chi connectivity index (χ0) is 17.8. The Labute approximate surface area is 152 Å². The maximum Gasteiger partial charge on any atom is 0.291 e. The lowest BCUT2D eigenvalue weighted by atomic mass is 9.77. The number of pyridine rings is 1. The summed E-state index contributed by atoms with van der Waals surface area (Å²) in [5.74, 6) is 0.124. The minimum absolute atomic E-state index is 0.123. The summed E-state index contributed by atoms with van der Waals surface area (Å²) in [4.78, 5) is 26.9. The molecule has 0 aromatic carbocycles. The summed E-state index contributed by atoms with van der Waals surface area (Å²) in [6.07, 6.45) is 8.59. The van der Waals surface area contributed by atoms with E-state index in [0.29, 0.717) is 32.9 Å². The van der Waals surface area contributed by atoms with Gasteiger partial charge in [0.25, 0.3) is 5.91 Å². The van der Waals surface area contributed by atoms with Gasteiger partial charge in [-0.05, 0) is 30.5 Å². The topological polar surface area (TPSA) is 77.4 Å². The highest BCUT2D eigenvalue weighted by molar-refractivity contribution is 5.90. The van der Waals surface area contributed by atoms with Gasteiger partial charge in [-0.1, -0.05) is 6.07 Å². The van der Waals surface area contributed by atoms with Gasteiger partial charge in [0.1, 0.15) is 0 Å². The van der Waals surface area contributed by atoms with Crippen LogP contribution in [0.15, 0.2) is 43.0 Å². The lowest BCUT2D eigenvalue weighted by molar-refractivity contribution is -0.0604. The quantitative estimate of drug-likeness (QED) is 0.813. The molecule has 2 atom stereocenters. The lowest BCUT2D eigenvalue weighted by Crippen LogP contribution is -2.53. The van der Waals surface area contributed by atoms with E-state index in [1.165, 1.54) is 0 Å². The van der Waals surface area contributed by atoms with Crippen LogP contribution in [0.2, 0.25) is 0 Å². The first-order valence-corrected chi connectivity index (χ1v) is 8.91. The van der Waals surface area contributed by atoms with E-state index in [0.717, 1.165) is 18.4 Å². The predicted octanol–water partition coefficient (Wildman–Crippen LogP) is 1.71. The monoisotopic (exact) mass is 354 g/mol. The van der Waals surface area contributed by atoms with Crippen molar-refractivity contribution in [3.63, 3.8) is 0 Å². The zero-order valence-electron chi connectivity index (χ0n) is 14.6. The van der Waals surface area contributed by atoms with Gasteiger partial charge in [-0.25, -0.2) is 9.97 Å². The van der Waals surface area contributed by atoms with Crippen molar-refractivity contribution >= 4 is 5.91 Å². The van der Waals surface area contributed by atoms with Crippen molar-refractivity contribution in [3.05, 3.63) is 54.4 Å². The van der Waals surface area contributed by atoms with E-state index in [1.54, 1.807) is 24.7 Å². The Balaban J connectivity index is 1.43. The fourth-order valence-corrected chi connectivity index (χ4v) is 3.84. The van der Waals surface area contributed by atoms with Crippen LogP contribution in [0.4, 0.5) is 0 Å². The third kappa shape index (κ3) is 3.45. The Hall–Kier alpha value is -2.38. The van der Waals surface area contributed by atoms with Gasteiger partial charge in [0.05, 0.1) is 19.3 Å². The van der Waals surface area contributed by atoms with Crippen molar-refractivity contribution in [2.45, 2.75) is 25.6 Å². The number of likely N-dealkylation sites (tertiary alicyclic amines) is 1. The number of amides is 1. The molecule has 0 radical (unpaired) electrons. The molecule has 26 heavy (non-hydrogen) atoms. The van der Waals surface area contributed by atoms with E-state index in [4.69, 9.17) is 9.47 Å². The van der Waals surface area contributed by atoms with Crippen LogP contribution in [0, 0.1) is 5.41 Å². The van der Waals surface area contributed by atoms with Gasteiger partial charge in [-0.15, -0.1) is 0 Å². The average molecular weight is 354 g/mol. The molecule has 2 aromatic rings. The molecular weight excluding hydrogens is 332 g/mol. The molecule has 4 rings (SSSR count). The fourth-order valence-electron chi connectivity index (χ4n) is 3.84. The summed E-state index contributed by atoms with van der Waals surface area (Å²) in [6.45, 7) is 3.06. The van der Waals surface area contributed by atoms with Crippen LogP contribution in [-0.4, -0.2) is 58.2 Å². The Kier molecular flexibility index (Phi) is 4.90. The smallest absolute Gasteiger partial charge is 0.291 e. The number of carbonyl (C=O) groups is 1. The molecule has 0 unspecified atom stereocenters. The van der Waals surface area contributed by atoms with Crippen molar-refractivity contribution in [1.82, 2.24) is 19.9 Å². The van der Waals surface area contributed by atoms with Crippen LogP contribution >= 0.6 is 0 Å². The largest absolute Gasteiger partial charge is 0.377 e. The molecule has 136 valence electrons. The molecular formula is C19H22N4O3. The molecule has 0 spiro atoms. The zero-order valence-corrected chi connectivity index (χ0v) is 14.6. The van der Waals surface area contributed by atoms with Gasteiger partial charge in [0.15, 0.2) is 0 Å². The van der Waals surface area contributed by atoms with Crippen molar-refractivity contribution in [2.24, 2.45) is 5.41 Å². The molecule has 2 saturated heterocycles. The highest BCUT2D eigenvalue weighted by Crippen LogP contribution is 2.41. The molecule has 0 N–H and O–H groups in total. The molecule has 0 saturated carbocycles. The maximum absolute atomic E-state index is 12.7. The first kappa shape index (κ1) is 17.1. The van der Waals surface area contributed by atoms with Crippen molar-refractivity contribution in [1.29, 1.82) is 0 Å². The standard InChI is InChI=1S/C19H22N4O3/c24-18(17-21-7-2-8-22-17)23-9-4-16-19(13-23,5-10-26-16)14-25-12-15-3-1-6-20-11-15/h1-3,6-8,11,16H,4-5,9-10,12-14H2/t16-,19+/m1/s1. The minimum Gasteiger partial charge on any atom is -0.377 e. The van der Waals surface area contributed by atoms with Gasteiger partial charge in [-0.3, -0.25) is 9.78 Å². The summed E-state index contributed by atoms with van der Waals surface area (Å²) in [6, 6.07) is 5.61. The van der Waals surface area contributed by atoms with Crippen molar-refractivity contribution in [3.8, 4) is 0 Å². The second-order valence-electron chi connectivity index (χ2n) is 6.91. The fraction of sp³-hybridized carbons (Fsp3) is 0.474. The molecule has 2 aromatic heterocycles. The molecule has 0 aliphatic carbocycles. The average Bonchev–Trinajstić information content (AvgIpc) is 3.12. The number of ether oxygens (including phenoxy) is 2. The Morgan fingerprint density at radius 1 is 1.31 bits per heavy atom. The maximum atomic E-state index is 12.7. The SMILES string of the molecule is O=C(c1ncccn1)N1CC[C@H]2OCC[C@@]2(COCc2cccnc2)C1. The van der Waals surface area contributed by atoms with Crippen LogP contribution in [0.5, 0.6) is 0 Å². The summed E-state index contributed by atoms with van der Waals surface area (Å²) in [5.41, 5.74) is 0.881. The number of carbonyl (C=O) groups excluding carboxylic acids is 1. The van der Waals surface area contributed by atoms with Crippen LogP contribution in [0.3, 0.4) is 0 Å². The van der Waals surface area contributed by atoms with Gasteiger partial charge in [0, 0.05) is 49.9 Å². The van der Waals surface area contributed by atoms with Crippen LogP contribution in [0.1, 0.15) is 29.0 Å². The van der Waals surface area contributed by atoms with Crippen LogP contribution in [-0.2, 0) is 16.1 Å². The normalized spacial score (nSPS) is 25.1. The highest BCUT2D eigenvalue weighted by Gasteiger charge is 2.49. The number of rotatable bonds is 5. The van der Waals surface area contributed by atoms with Crippen molar-refractivity contribution < 1.29 is 14.3 Å². The molecule has 0 bridgehead atoms. The van der Waals surface area contributed by atoms with E-state index in [9.17, 15) is 4.79 Å². The van der Waals surface area contributed by atoms with Crippen LogP contribution in [0.25, 0.3) is 0 Å². The van der Waals surface area contributed by atoms with Gasteiger partial charge in [0.2, 0.25) is 5.82 Å². The number of fused-ring (bicyclic) bond motifs is 1. The Morgan fingerprint density at radius 3 is 3.00 bits per heavy atom. The third-order valence-corrected chi connectivity index (χ3v) is 5.19. The molecule has 7 heteroatoms. The second-order valence-corrected chi connectivity index (χ2v) is 6.91. The number of aromatic nitrogens is 3. The van der Waals surface area contributed by atoms with E-state index in [-0.39, 0.29) is 23.3 Å². The highest BCUT2D eigenvalue weighted by atomic mass is 16.5. The summed E-state index contributed by atoms with van der Waals surface area (Å²) in [7, 11) is 0. The number of nitrogens with zero attached hydrogens (tertiary/aromatic N) is 4. The lowest BCUT2D eigenvalue weighted by Gasteiger charge is -2.43. The predicted molar refractivity (Wildman–Crippen MR) is 93.2 cm³/mol. The van der Waals surface area contributed by atoms with Crippen molar-refractivity contribution in [2.75, 3.05) is 26.3 Å². The van der Waals surface area contributed by atoms with Gasteiger partial charge < -0.3 is 14.4 Å². The molecule has 2 aliphatic rings. The van der Waals surface area contributed by atoms with E-state index >= 15 is 0 Å². The van der Waals surface area contributed by atoms with E-state index in [2.05, 4.69) is 15.0 Å². The van der Waals surface area contributed by atoms with E-state index < -0.39 is 0 Å². The molecule has 7 nitrogen and oxygen atoms in total. The Morgan fingerprint density at radius 2 is 2.19 bits per heavy atom. The molecule has 4 heterocycles. The summed E-state index contributed by atoms with van der Waals surface area (Å²) in [5, 5.41) is 0. The third-order valence-electron chi connectivity index (χ3n) is 5.19. The van der Waals surface area contributed by atoms with Gasteiger partial charge >= 0.3 is 0 Å². The first-order chi connectivity index (χ1) is 12.8. The molecule has 2 fully saturated rings. The van der Waals surface area contributed by atoms with Gasteiger partial charge in [-0.2, -0.15) is 0 Å². The Bertz CT molecular complexity index is 743.